The van der Waals surface area contributed by atoms with E-state index in [1.165, 1.54) is 0 Å². The summed E-state index contributed by atoms with van der Waals surface area (Å²) in [5.74, 6) is 0.0332. The molecule has 0 unspecified atom stereocenters. The Balaban J connectivity index is 1.76. The number of ether oxygens (including phenoxy) is 1. The first-order valence-corrected chi connectivity index (χ1v) is 6.07. The summed E-state index contributed by atoms with van der Waals surface area (Å²) in [5.41, 5.74) is 1.08. The normalized spacial score (nSPS) is 18.2. The van der Waals surface area contributed by atoms with Gasteiger partial charge in [0.1, 0.15) is 6.26 Å². The van der Waals surface area contributed by atoms with Crippen LogP contribution in [0.25, 0.3) is 0 Å². The highest BCUT2D eigenvalue weighted by molar-refractivity contribution is 5.72. The summed E-state index contributed by atoms with van der Waals surface area (Å²) >= 11 is 0. The molecule has 1 aliphatic heterocycles. The van der Waals surface area contributed by atoms with Crippen LogP contribution >= 0.6 is 0 Å². The second-order valence-electron chi connectivity index (χ2n) is 4.34. The molecule has 17 heavy (non-hydrogen) atoms. The minimum absolute atomic E-state index is 0.0443. The summed E-state index contributed by atoms with van der Waals surface area (Å²) < 4.78 is 9.84. The first-order chi connectivity index (χ1) is 8.29. The lowest BCUT2D eigenvalue weighted by molar-refractivity contribution is -0.149. The molecule has 0 bridgehead atoms. The summed E-state index contributed by atoms with van der Waals surface area (Å²) in [5, 5.41) is 3.68. The predicted octanol–water partition coefficient (Wildman–Crippen LogP) is 1.45. The van der Waals surface area contributed by atoms with E-state index >= 15 is 0 Å². The average molecular weight is 238 g/mol. The van der Waals surface area contributed by atoms with E-state index in [1.54, 1.807) is 12.5 Å². The minimum Gasteiger partial charge on any atom is -0.466 e. The Morgan fingerprint density at radius 3 is 2.94 bits per heavy atom. The first kappa shape index (κ1) is 12.1. The number of piperidine rings is 1. The molecule has 0 aromatic carbocycles. The molecule has 1 aromatic rings. The molecule has 1 aliphatic rings. The number of hydrogen-bond donors (Lipinski definition) is 0. The Kier molecular flexibility index (Phi) is 4.14. The average Bonchev–Trinajstić information content (AvgIpc) is 2.83. The van der Waals surface area contributed by atoms with Gasteiger partial charge in [0.15, 0.2) is 0 Å². The maximum Gasteiger partial charge on any atom is 0.309 e. The van der Waals surface area contributed by atoms with E-state index in [1.807, 2.05) is 6.92 Å². The molecule has 0 atom stereocenters. The molecule has 1 fully saturated rings. The lowest BCUT2D eigenvalue weighted by atomic mass is 9.97. The molecule has 0 aliphatic carbocycles. The van der Waals surface area contributed by atoms with Gasteiger partial charge in [-0.05, 0) is 32.9 Å². The van der Waals surface area contributed by atoms with E-state index < -0.39 is 0 Å². The highest BCUT2D eigenvalue weighted by Crippen LogP contribution is 2.20. The van der Waals surface area contributed by atoms with Crippen molar-refractivity contribution < 1.29 is 14.1 Å². The highest BCUT2D eigenvalue weighted by atomic mass is 16.5. The van der Waals surface area contributed by atoms with Crippen molar-refractivity contribution in [3.05, 3.63) is 18.0 Å². The minimum atomic E-state index is -0.0443. The number of aromatic nitrogens is 1. The van der Waals surface area contributed by atoms with Gasteiger partial charge in [0.05, 0.1) is 18.7 Å². The molecule has 0 spiro atoms. The van der Waals surface area contributed by atoms with Gasteiger partial charge < -0.3 is 9.26 Å². The van der Waals surface area contributed by atoms with Gasteiger partial charge in [-0.1, -0.05) is 5.16 Å². The van der Waals surface area contributed by atoms with Crippen LogP contribution < -0.4 is 0 Å². The summed E-state index contributed by atoms with van der Waals surface area (Å²) in [7, 11) is 0. The Morgan fingerprint density at radius 1 is 1.59 bits per heavy atom. The zero-order valence-electron chi connectivity index (χ0n) is 10.1. The highest BCUT2D eigenvalue weighted by Gasteiger charge is 2.25. The van der Waals surface area contributed by atoms with Crippen LogP contribution in [0, 0.1) is 5.92 Å². The van der Waals surface area contributed by atoms with E-state index in [0.29, 0.717) is 6.61 Å². The molecule has 0 amide bonds. The SMILES string of the molecule is CCOC(=O)C1CCN(Cc2cnoc2)CC1. The second kappa shape index (κ2) is 5.82. The molecule has 1 aromatic heterocycles. The number of likely N-dealkylation sites (tertiary alicyclic amines) is 1. The van der Waals surface area contributed by atoms with Crippen molar-refractivity contribution in [3.63, 3.8) is 0 Å². The lowest BCUT2D eigenvalue weighted by Gasteiger charge is -2.30. The van der Waals surface area contributed by atoms with Crippen LogP contribution in [0.3, 0.4) is 0 Å². The largest absolute Gasteiger partial charge is 0.466 e. The van der Waals surface area contributed by atoms with Gasteiger partial charge in [0.25, 0.3) is 0 Å². The first-order valence-electron chi connectivity index (χ1n) is 6.07. The molecule has 2 rings (SSSR count). The molecule has 0 N–H and O–H groups in total. The van der Waals surface area contributed by atoms with Gasteiger partial charge in [0.2, 0.25) is 0 Å². The van der Waals surface area contributed by atoms with Crippen molar-refractivity contribution in [3.8, 4) is 0 Å². The Hall–Kier alpha value is -1.36. The van der Waals surface area contributed by atoms with Crippen molar-refractivity contribution >= 4 is 5.97 Å². The smallest absolute Gasteiger partial charge is 0.309 e. The van der Waals surface area contributed by atoms with Crippen molar-refractivity contribution in [1.29, 1.82) is 0 Å². The van der Waals surface area contributed by atoms with E-state index in [4.69, 9.17) is 9.26 Å². The van der Waals surface area contributed by atoms with Gasteiger partial charge in [0, 0.05) is 12.1 Å². The van der Waals surface area contributed by atoms with Crippen LogP contribution in [0.5, 0.6) is 0 Å². The van der Waals surface area contributed by atoms with E-state index in [2.05, 4.69) is 10.1 Å². The van der Waals surface area contributed by atoms with Crippen LogP contribution in [0.4, 0.5) is 0 Å². The van der Waals surface area contributed by atoms with E-state index in [-0.39, 0.29) is 11.9 Å². The molecule has 0 radical (unpaired) electrons. The van der Waals surface area contributed by atoms with Crippen molar-refractivity contribution in [1.82, 2.24) is 10.1 Å². The fourth-order valence-corrected chi connectivity index (χ4v) is 2.15. The molecular formula is C12H18N2O3. The molecule has 0 saturated carbocycles. The van der Waals surface area contributed by atoms with Crippen LogP contribution in [-0.2, 0) is 16.1 Å². The fraction of sp³-hybridized carbons (Fsp3) is 0.667. The maximum absolute atomic E-state index is 11.6. The van der Waals surface area contributed by atoms with Gasteiger partial charge in [-0.3, -0.25) is 9.69 Å². The third-order valence-electron chi connectivity index (χ3n) is 3.10. The number of hydrogen-bond acceptors (Lipinski definition) is 5. The third kappa shape index (κ3) is 3.30. The van der Waals surface area contributed by atoms with Crippen molar-refractivity contribution in [2.75, 3.05) is 19.7 Å². The Labute approximate surface area is 101 Å². The summed E-state index contributed by atoms with van der Waals surface area (Å²) in [6.45, 7) is 5.01. The van der Waals surface area contributed by atoms with Crippen LogP contribution in [-0.4, -0.2) is 35.7 Å². The number of rotatable bonds is 4. The number of nitrogens with zero attached hydrogens (tertiary/aromatic N) is 2. The molecule has 5 nitrogen and oxygen atoms in total. The van der Waals surface area contributed by atoms with Crippen LogP contribution in [0.15, 0.2) is 17.0 Å². The monoisotopic (exact) mass is 238 g/mol. The Bertz CT molecular complexity index is 343. The standard InChI is InChI=1S/C12H18N2O3/c1-2-16-12(15)11-3-5-14(6-4-11)8-10-7-13-17-9-10/h7,9,11H,2-6,8H2,1H3. The van der Waals surface area contributed by atoms with E-state index in [0.717, 1.165) is 38.0 Å². The number of esters is 1. The summed E-state index contributed by atoms with van der Waals surface area (Å²) in [6, 6.07) is 0. The number of carbonyl (C=O) groups excluding carboxylic acids is 1. The van der Waals surface area contributed by atoms with Gasteiger partial charge in [-0.15, -0.1) is 0 Å². The predicted molar refractivity (Wildman–Crippen MR) is 61.1 cm³/mol. The van der Waals surface area contributed by atoms with Crippen molar-refractivity contribution in [2.45, 2.75) is 26.3 Å². The maximum atomic E-state index is 11.6. The number of carbonyl (C=O) groups is 1. The van der Waals surface area contributed by atoms with Gasteiger partial charge in [-0.25, -0.2) is 0 Å². The third-order valence-corrected chi connectivity index (χ3v) is 3.10. The topological polar surface area (TPSA) is 55.6 Å². The van der Waals surface area contributed by atoms with E-state index in [9.17, 15) is 4.79 Å². The molecule has 2 heterocycles. The molecule has 5 heteroatoms. The van der Waals surface area contributed by atoms with Crippen LogP contribution in [0.1, 0.15) is 25.3 Å². The molecule has 94 valence electrons. The summed E-state index contributed by atoms with van der Waals surface area (Å²) in [6.07, 6.45) is 5.16. The Morgan fingerprint density at radius 2 is 2.35 bits per heavy atom. The van der Waals surface area contributed by atoms with Gasteiger partial charge >= 0.3 is 5.97 Å². The molecule has 1 saturated heterocycles. The zero-order chi connectivity index (χ0) is 12.1. The summed E-state index contributed by atoms with van der Waals surface area (Å²) in [4.78, 5) is 13.9. The van der Waals surface area contributed by atoms with Crippen LogP contribution in [0.2, 0.25) is 0 Å². The lowest BCUT2D eigenvalue weighted by Crippen LogP contribution is -2.36. The van der Waals surface area contributed by atoms with Crippen molar-refractivity contribution in [2.24, 2.45) is 5.92 Å². The fourth-order valence-electron chi connectivity index (χ4n) is 2.15. The quantitative estimate of drug-likeness (QED) is 0.743. The zero-order valence-corrected chi connectivity index (χ0v) is 10.1. The molecular weight excluding hydrogens is 220 g/mol. The van der Waals surface area contributed by atoms with Gasteiger partial charge in [-0.2, -0.15) is 0 Å². The second-order valence-corrected chi connectivity index (χ2v) is 4.34.